The number of fused-ring (bicyclic) bond motifs is 1. The molecule has 0 saturated heterocycles. The predicted octanol–water partition coefficient (Wildman–Crippen LogP) is -0.512. The summed E-state index contributed by atoms with van der Waals surface area (Å²) in [6.07, 6.45) is 0.785. The van der Waals surface area contributed by atoms with Crippen molar-refractivity contribution in [3.63, 3.8) is 0 Å². The average molecular weight is 313 g/mol. The minimum absolute atomic E-state index is 0.210. The van der Waals surface area contributed by atoms with E-state index in [0.29, 0.717) is 23.7 Å². The molecule has 0 aromatic carbocycles. The quantitative estimate of drug-likeness (QED) is 0.595. The Kier molecular flexibility index (Phi) is 5.07. The molecule has 2 aromatic rings. The Morgan fingerprint density at radius 1 is 1.29 bits per heavy atom. The van der Waals surface area contributed by atoms with Gasteiger partial charge in [0.25, 0.3) is 5.56 Å². The number of hydrogen-bond acceptors (Lipinski definition) is 6. The number of hydrogen-bond donors (Lipinski definition) is 3. The molecule has 2 rings (SSSR count). The number of nitrogens with zero attached hydrogens (tertiary/aromatic N) is 3. The molecule has 0 aliphatic carbocycles. The predicted molar refractivity (Wildman–Crippen MR) is 84.1 cm³/mol. The molecule has 3 N–H and O–H groups in total. The highest BCUT2D eigenvalue weighted by atomic mass is 32.2. The first-order valence-electron chi connectivity index (χ1n) is 6.64. The maximum Gasteiger partial charge on any atom is 0.332 e. The molecule has 2 aromatic heterocycles. The van der Waals surface area contributed by atoms with E-state index in [0.717, 1.165) is 22.5 Å². The third-order valence-corrected chi connectivity index (χ3v) is 4.15. The third-order valence-electron chi connectivity index (χ3n) is 3.08. The van der Waals surface area contributed by atoms with E-state index in [4.69, 9.17) is 5.11 Å². The van der Waals surface area contributed by atoms with Crippen LogP contribution in [0.2, 0.25) is 0 Å². The van der Waals surface area contributed by atoms with Gasteiger partial charge in [0.15, 0.2) is 11.2 Å². The SMILES string of the molecule is Cn1c(=O)c2[nH]c(NCCSCCCO)nc2n(C)c1=O. The van der Waals surface area contributed by atoms with Gasteiger partial charge < -0.3 is 15.4 Å². The highest BCUT2D eigenvalue weighted by Gasteiger charge is 2.12. The van der Waals surface area contributed by atoms with E-state index in [1.165, 1.54) is 11.6 Å². The highest BCUT2D eigenvalue weighted by molar-refractivity contribution is 7.99. The fraction of sp³-hybridized carbons (Fsp3) is 0.583. The van der Waals surface area contributed by atoms with Crippen LogP contribution in [0.15, 0.2) is 9.59 Å². The summed E-state index contributed by atoms with van der Waals surface area (Å²) < 4.78 is 2.39. The van der Waals surface area contributed by atoms with Gasteiger partial charge in [0, 0.05) is 33.0 Å². The van der Waals surface area contributed by atoms with Gasteiger partial charge in [0.05, 0.1) is 0 Å². The molecular formula is C12H19N5O3S. The van der Waals surface area contributed by atoms with Crippen LogP contribution in [0.5, 0.6) is 0 Å². The lowest BCUT2D eigenvalue weighted by Crippen LogP contribution is -2.36. The van der Waals surface area contributed by atoms with Gasteiger partial charge in [-0.05, 0) is 12.2 Å². The van der Waals surface area contributed by atoms with Gasteiger partial charge in [-0.3, -0.25) is 13.9 Å². The monoisotopic (exact) mass is 313 g/mol. The summed E-state index contributed by atoms with van der Waals surface area (Å²) in [5, 5.41) is 11.8. The van der Waals surface area contributed by atoms with Crippen molar-refractivity contribution in [2.75, 3.05) is 30.0 Å². The zero-order chi connectivity index (χ0) is 15.4. The second-order valence-electron chi connectivity index (χ2n) is 4.61. The van der Waals surface area contributed by atoms with Crippen LogP contribution in [0.4, 0.5) is 5.95 Å². The summed E-state index contributed by atoms with van der Waals surface area (Å²) in [6.45, 7) is 0.894. The van der Waals surface area contributed by atoms with Gasteiger partial charge in [-0.15, -0.1) is 0 Å². The molecule has 0 bridgehead atoms. The first-order valence-corrected chi connectivity index (χ1v) is 7.80. The number of thioether (sulfide) groups is 1. The van der Waals surface area contributed by atoms with Gasteiger partial charge in [-0.1, -0.05) is 0 Å². The number of aryl methyl sites for hydroxylation is 1. The molecule has 21 heavy (non-hydrogen) atoms. The minimum Gasteiger partial charge on any atom is -0.396 e. The molecule has 0 aliphatic rings. The summed E-state index contributed by atoms with van der Waals surface area (Å²) in [4.78, 5) is 30.9. The van der Waals surface area contributed by atoms with Crippen molar-refractivity contribution in [1.82, 2.24) is 19.1 Å². The van der Waals surface area contributed by atoms with Crippen LogP contribution >= 0.6 is 11.8 Å². The lowest BCUT2D eigenvalue weighted by molar-refractivity contribution is 0.296. The fourth-order valence-electron chi connectivity index (χ4n) is 1.92. The Morgan fingerprint density at radius 2 is 2.05 bits per heavy atom. The van der Waals surface area contributed by atoms with E-state index in [9.17, 15) is 9.59 Å². The summed E-state index contributed by atoms with van der Waals surface area (Å²) >= 11 is 1.73. The van der Waals surface area contributed by atoms with E-state index in [-0.39, 0.29) is 12.2 Å². The molecule has 0 aliphatic heterocycles. The number of rotatable bonds is 7. The average Bonchev–Trinajstić information content (AvgIpc) is 2.91. The number of aliphatic hydroxyl groups is 1. The number of nitrogens with one attached hydrogen (secondary N) is 2. The van der Waals surface area contributed by atoms with E-state index < -0.39 is 5.69 Å². The van der Waals surface area contributed by atoms with E-state index in [1.807, 2.05) is 0 Å². The maximum atomic E-state index is 12.0. The minimum atomic E-state index is -0.398. The van der Waals surface area contributed by atoms with Crippen LogP contribution in [0.25, 0.3) is 11.2 Å². The first-order chi connectivity index (χ1) is 10.1. The summed E-state index contributed by atoms with van der Waals surface area (Å²) in [5.74, 6) is 2.26. The van der Waals surface area contributed by atoms with Gasteiger partial charge in [0.2, 0.25) is 5.95 Å². The lowest BCUT2D eigenvalue weighted by atomic mass is 10.5. The third kappa shape index (κ3) is 3.30. The second kappa shape index (κ2) is 6.81. The molecule has 0 amide bonds. The molecule has 9 heteroatoms. The summed E-state index contributed by atoms with van der Waals surface area (Å²) in [5.41, 5.74) is -0.121. The van der Waals surface area contributed by atoms with Crippen molar-refractivity contribution >= 4 is 28.9 Å². The Morgan fingerprint density at radius 3 is 2.76 bits per heavy atom. The molecule has 0 radical (unpaired) electrons. The zero-order valence-corrected chi connectivity index (χ0v) is 12.9. The number of aromatic amines is 1. The maximum absolute atomic E-state index is 12.0. The second-order valence-corrected chi connectivity index (χ2v) is 5.83. The van der Waals surface area contributed by atoms with E-state index in [1.54, 1.807) is 18.8 Å². The van der Waals surface area contributed by atoms with Crippen molar-refractivity contribution in [2.45, 2.75) is 6.42 Å². The van der Waals surface area contributed by atoms with Crippen LogP contribution in [-0.2, 0) is 14.1 Å². The van der Waals surface area contributed by atoms with Crippen molar-refractivity contribution in [2.24, 2.45) is 14.1 Å². The molecular weight excluding hydrogens is 294 g/mol. The summed E-state index contributed by atoms with van der Waals surface area (Å²) in [7, 11) is 3.02. The van der Waals surface area contributed by atoms with Crippen molar-refractivity contribution in [3.8, 4) is 0 Å². The van der Waals surface area contributed by atoms with Gasteiger partial charge in [-0.25, -0.2) is 4.79 Å². The molecule has 0 spiro atoms. The van der Waals surface area contributed by atoms with E-state index >= 15 is 0 Å². The molecule has 2 heterocycles. The normalized spacial score (nSPS) is 11.2. The molecule has 0 saturated carbocycles. The molecule has 116 valence electrons. The number of aromatic nitrogens is 4. The Bertz CT molecular complexity index is 733. The number of anilines is 1. The smallest absolute Gasteiger partial charge is 0.332 e. The van der Waals surface area contributed by atoms with Crippen LogP contribution in [0, 0.1) is 0 Å². The molecule has 0 fully saturated rings. The number of H-pyrrole nitrogens is 1. The lowest BCUT2D eigenvalue weighted by Gasteiger charge is -2.01. The van der Waals surface area contributed by atoms with Crippen molar-refractivity contribution in [1.29, 1.82) is 0 Å². The fourth-order valence-corrected chi connectivity index (χ4v) is 2.70. The Balaban J connectivity index is 2.10. The van der Waals surface area contributed by atoms with Crippen molar-refractivity contribution in [3.05, 3.63) is 20.8 Å². The zero-order valence-electron chi connectivity index (χ0n) is 12.0. The Labute approximate surface area is 125 Å². The number of imidazole rings is 1. The molecule has 0 unspecified atom stereocenters. The standard InChI is InChI=1S/C12H19N5O3S/c1-16-9-8(10(19)17(2)12(16)20)14-11(15-9)13-4-7-21-6-3-5-18/h18H,3-7H2,1-2H3,(H2,13,14,15). The van der Waals surface area contributed by atoms with Crippen LogP contribution in [0.3, 0.4) is 0 Å². The van der Waals surface area contributed by atoms with Gasteiger partial charge >= 0.3 is 5.69 Å². The first kappa shape index (κ1) is 15.6. The van der Waals surface area contributed by atoms with Gasteiger partial charge in [-0.2, -0.15) is 16.7 Å². The van der Waals surface area contributed by atoms with Crippen molar-refractivity contribution < 1.29 is 5.11 Å². The number of aliphatic hydroxyl groups excluding tert-OH is 1. The topological polar surface area (TPSA) is 105 Å². The van der Waals surface area contributed by atoms with E-state index in [2.05, 4.69) is 15.3 Å². The Hall–Kier alpha value is -1.74. The van der Waals surface area contributed by atoms with Crippen LogP contribution in [-0.4, -0.2) is 48.9 Å². The molecule has 0 atom stereocenters. The van der Waals surface area contributed by atoms with Gasteiger partial charge in [0.1, 0.15) is 0 Å². The van der Waals surface area contributed by atoms with Crippen LogP contribution in [0.1, 0.15) is 6.42 Å². The highest BCUT2D eigenvalue weighted by Crippen LogP contribution is 2.08. The molecule has 8 nitrogen and oxygen atoms in total. The largest absolute Gasteiger partial charge is 0.396 e. The summed E-state index contributed by atoms with van der Waals surface area (Å²) in [6, 6.07) is 0. The van der Waals surface area contributed by atoms with Crippen LogP contribution < -0.4 is 16.6 Å².